The Bertz CT molecular complexity index is 1110. The molecule has 2 aromatic rings. The Morgan fingerprint density at radius 3 is 2.65 bits per heavy atom. The van der Waals surface area contributed by atoms with Crippen molar-refractivity contribution in [2.75, 3.05) is 11.9 Å². The number of thiol groups is 1. The molecule has 182 valence electrons. The number of halogens is 2. The number of aromatic nitrogens is 4. The van der Waals surface area contributed by atoms with Crippen molar-refractivity contribution in [3.63, 3.8) is 0 Å². The topological polar surface area (TPSA) is 63.3 Å². The molecule has 7 nitrogen and oxygen atoms in total. The van der Waals surface area contributed by atoms with Crippen LogP contribution < -0.4 is 5.32 Å². The Morgan fingerprint density at radius 2 is 1.94 bits per heavy atom. The number of likely N-dealkylation sites (tertiary alicyclic amines) is 1. The summed E-state index contributed by atoms with van der Waals surface area (Å²) >= 11 is 4.54. The highest BCUT2D eigenvalue weighted by Gasteiger charge is 2.40. The molecule has 2 saturated carbocycles. The number of aryl methyl sites for hydroxylation is 1. The van der Waals surface area contributed by atoms with Gasteiger partial charge in [0.1, 0.15) is 5.84 Å². The lowest BCUT2D eigenvalue weighted by Gasteiger charge is -2.32. The van der Waals surface area contributed by atoms with Crippen molar-refractivity contribution in [1.82, 2.24) is 24.5 Å². The lowest BCUT2D eigenvalue weighted by Crippen LogP contribution is -2.39. The summed E-state index contributed by atoms with van der Waals surface area (Å²) in [5.74, 6) is 2.66. The lowest BCUT2D eigenvalue weighted by molar-refractivity contribution is 0.144. The molecule has 0 amide bonds. The molecule has 2 bridgehead atoms. The van der Waals surface area contributed by atoms with E-state index in [0.29, 0.717) is 22.7 Å². The predicted octanol–water partition coefficient (Wildman–Crippen LogP) is 5.43. The number of nitrogens with one attached hydrogen (secondary N) is 1. The maximum Gasteiger partial charge on any atom is 0.284 e. The smallest absolute Gasteiger partial charge is 0.284 e. The van der Waals surface area contributed by atoms with Gasteiger partial charge in [-0.3, -0.25) is 4.68 Å². The number of alkyl halides is 2. The van der Waals surface area contributed by atoms with E-state index in [1.54, 1.807) is 17.1 Å². The van der Waals surface area contributed by atoms with Gasteiger partial charge in [-0.2, -0.15) is 22.8 Å². The van der Waals surface area contributed by atoms with Crippen molar-refractivity contribution in [3.05, 3.63) is 30.2 Å². The Balaban J connectivity index is 1.23. The van der Waals surface area contributed by atoms with Crippen LogP contribution in [0, 0.1) is 5.92 Å². The molecule has 2 aliphatic carbocycles. The average Bonchev–Trinajstić information content (AvgIpc) is 3.61. The van der Waals surface area contributed by atoms with E-state index in [4.69, 9.17) is 4.99 Å². The van der Waals surface area contributed by atoms with Gasteiger partial charge >= 0.3 is 0 Å². The molecule has 0 aromatic carbocycles. The Hall–Kier alpha value is -2.36. The van der Waals surface area contributed by atoms with Gasteiger partial charge in [-0.1, -0.05) is 6.58 Å². The number of anilines is 1. The van der Waals surface area contributed by atoms with Crippen molar-refractivity contribution in [2.45, 2.75) is 81.7 Å². The quantitative estimate of drug-likeness (QED) is 0.552. The van der Waals surface area contributed by atoms with Crippen LogP contribution in [0.15, 0.2) is 24.0 Å². The van der Waals surface area contributed by atoms with Gasteiger partial charge in [0.2, 0.25) is 0 Å². The molecule has 0 spiro atoms. The van der Waals surface area contributed by atoms with E-state index in [9.17, 15) is 8.78 Å². The molecule has 6 rings (SSSR count). The molecule has 2 aromatic heterocycles. The van der Waals surface area contributed by atoms with Crippen molar-refractivity contribution < 1.29 is 8.78 Å². The van der Waals surface area contributed by atoms with E-state index >= 15 is 0 Å². The second-order valence-corrected chi connectivity index (χ2v) is 10.9. The Morgan fingerprint density at radius 1 is 1.15 bits per heavy atom. The van der Waals surface area contributed by atoms with E-state index in [2.05, 4.69) is 39.6 Å². The summed E-state index contributed by atoms with van der Waals surface area (Å²) in [6.45, 7) is 6.02. The number of rotatable bonds is 5. The number of aliphatic imine (C=N–C) groups is 1. The molecular formula is C24H31F2N7S. The fourth-order valence-electron chi connectivity index (χ4n) is 6.11. The largest absolute Gasteiger partial charge is 0.357 e. The van der Waals surface area contributed by atoms with Crippen LogP contribution in [0.25, 0.3) is 5.70 Å². The van der Waals surface area contributed by atoms with E-state index < -0.39 is 6.43 Å². The first-order valence-electron chi connectivity index (χ1n) is 12.4. The predicted molar refractivity (Wildman–Crippen MR) is 132 cm³/mol. The van der Waals surface area contributed by atoms with Gasteiger partial charge in [0.15, 0.2) is 11.5 Å². The summed E-state index contributed by atoms with van der Waals surface area (Å²) in [6, 6.07) is 0.733. The van der Waals surface area contributed by atoms with Crippen LogP contribution in [0.3, 0.4) is 0 Å². The highest BCUT2D eigenvalue weighted by Crippen LogP contribution is 2.40. The second kappa shape index (κ2) is 8.70. The van der Waals surface area contributed by atoms with Crippen LogP contribution in [0.5, 0.6) is 0 Å². The van der Waals surface area contributed by atoms with Gasteiger partial charge in [0, 0.05) is 36.2 Å². The van der Waals surface area contributed by atoms with Gasteiger partial charge in [-0.15, -0.1) is 0 Å². The zero-order chi connectivity index (χ0) is 23.4. The molecule has 34 heavy (non-hydrogen) atoms. The van der Waals surface area contributed by atoms with Crippen molar-refractivity contribution in [1.29, 1.82) is 0 Å². The maximum atomic E-state index is 13.8. The van der Waals surface area contributed by atoms with E-state index in [0.717, 1.165) is 68.3 Å². The summed E-state index contributed by atoms with van der Waals surface area (Å²) in [7, 11) is 0. The maximum absolute atomic E-state index is 13.8. The summed E-state index contributed by atoms with van der Waals surface area (Å²) in [4.78, 5) is 7.45. The second-order valence-electron chi connectivity index (χ2n) is 10.1. The number of hydrogen-bond acceptors (Lipinski definition) is 6. The molecule has 2 aliphatic heterocycles. The Kier molecular flexibility index (Phi) is 5.66. The number of piperidine rings is 1. The molecule has 0 radical (unpaired) electrons. The van der Waals surface area contributed by atoms with Crippen molar-refractivity contribution in [2.24, 2.45) is 10.9 Å². The SMILES string of the molecule is C=C(Nc1cn(C2CCC(S)CC2)nc1C(F)F)c1cnn2c1N=C(N1CC3CCC1C3)CC2. The Labute approximate surface area is 203 Å². The number of hydrogen-bond donors (Lipinski definition) is 2. The molecular weight excluding hydrogens is 456 g/mol. The van der Waals surface area contributed by atoms with Gasteiger partial charge in [-0.05, 0) is 50.9 Å². The standard InChI is InChI=1S/C24H31F2N7S/c1-14(28-20-13-33(30-22(20)23(25)26)16-4-6-18(34)7-5-16)19-11-27-32-9-8-21(29-24(19)32)31-12-15-2-3-17(31)10-15/h11,13,15-18,23,28,34H,1-10,12H2. The molecule has 10 heteroatoms. The van der Waals surface area contributed by atoms with Crippen LogP contribution in [0.1, 0.15) is 75.1 Å². The van der Waals surface area contributed by atoms with Gasteiger partial charge in [0.05, 0.1) is 30.0 Å². The zero-order valence-corrected chi connectivity index (χ0v) is 20.1. The van der Waals surface area contributed by atoms with Gasteiger partial charge in [-0.25, -0.2) is 18.5 Å². The third-order valence-electron chi connectivity index (χ3n) is 7.95. The summed E-state index contributed by atoms with van der Waals surface area (Å²) in [5, 5.41) is 12.2. The van der Waals surface area contributed by atoms with E-state index in [1.165, 1.54) is 19.3 Å². The van der Waals surface area contributed by atoms with Crippen molar-refractivity contribution in [3.8, 4) is 0 Å². The molecule has 2 unspecified atom stereocenters. The monoisotopic (exact) mass is 487 g/mol. The minimum atomic E-state index is -2.67. The molecule has 1 saturated heterocycles. The number of amidine groups is 1. The first-order valence-corrected chi connectivity index (χ1v) is 12.9. The summed E-state index contributed by atoms with van der Waals surface area (Å²) in [5.41, 5.74) is 1.30. The fourth-order valence-corrected chi connectivity index (χ4v) is 6.41. The zero-order valence-electron chi connectivity index (χ0n) is 19.2. The van der Waals surface area contributed by atoms with E-state index in [-0.39, 0.29) is 11.7 Å². The van der Waals surface area contributed by atoms with Crippen LogP contribution in [0.4, 0.5) is 20.3 Å². The minimum Gasteiger partial charge on any atom is -0.357 e. The number of nitrogens with zero attached hydrogens (tertiary/aromatic N) is 6. The summed E-state index contributed by atoms with van der Waals surface area (Å²) in [6.07, 6.45) is 9.20. The average molecular weight is 488 g/mol. The van der Waals surface area contributed by atoms with Crippen LogP contribution in [-0.2, 0) is 6.54 Å². The fraction of sp³-hybridized carbons (Fsp3) is 0.625. The van der Waals surface area contributed by atoms with Crippen molar-refractivity contribution >= 4 is 35.7 Å². The first kappa shape index (κ1) is 22.1. The number of fused-ring (bicyclic) bond motifs is 3. The van der Waals surface area contributed by atoms with Gasteiger partial charge in [0.25, 0.3) is 6.43 Å². The van der Waals surface area contributed by atoms with Crippen LogP contribution in [-0.4, -0.2) is 48.1 Å². The molecule has 2 atom stereocenters. The molecule has 1 N–H and O–H groups in total. The highest BCUT2D eigenvalue weighted by molar-refractivity contribution is 7.80. The first-order chi connectivity index (χ1) is 16.5. The third kappa shape index (κ3) is 3.93. The van der Waals surface area contributed by atoms with Gasteiger partial charge < -0.3 is 10.2 Å². The molecule has 4 aliphatic rings. The summed E-state index contributed by atoms with van der Waals surface area (Å²) < 4.78 is 31.2. The van der Waals surface area contributed by atoms with Crippen LogP contribution >= 0.6 is 12.6 Å². The third-order valence-corrected chi connectivity index (χ3v) is 8.47. The molecule has 4 heterocycles. The lowest BCUT2D eigenvalue weighted by atomic mass is 9.95. The van der Waals surface area contributed by atoms with Crippen LogP contribution in [0.2, 0.25) is 0 Å². The van der Waals surface area contributed by atoms with E-state index in [1.807, 2.05) is 4.68 Å². The normalized spacial score (nSPS) is 28.4. The molecule has 3 fully saturated rings. The minimum absolute atomic E-state index is 0.122. The highest BCUT2D eigenvalue weighted by atomic mass is 32.1.